The Balaban J connectivity index is 4.41. The van der Waals surface area contributed by atoms with Gasteiger partial charge in [-0.3, -0.25) is 4.99 Å². The highest BCUT2D eigenvalue weighted by Gasteiger charge is 1.86. The van der Waals surface area contributed by atoms with Gasteiger partial charge < -0.3 is 0 Å². The fourth-order valence-electron chi connectivity index (χ4n) is 0.360. The molecule has 52 valence electrons. The van der Waals surface area contributed by atoms with Crippen LogP contribution in [0.25, 0.3) is 0 Å². The molecule has 0 saturated carbocycles. The van der Waals surface area contributed by atoms with Gasteiger partial charge in [-0.05, 0) is 18.9 Å². The molecule has 0 unspecified atom stereocenters. The van der Waals surface area contributed by atoms with Crippen LogP contribution in [0.15, 0.2) is 22.6 Å². The van der Waals surface area contributed by atoms with E-state index in [2.05, 4.69) is 22.5 Å². The van der Waals surface area contributed by atoms with Gasteiger partial charge in [-0.25, -0.2) is 4.99 Å². The van der Waals surface area contributed by atoms with Gasteiger partial charge in [-0.15, -0.1) is 6.42 Å². The monoisotopic (exact) mass is 134 g/mol. The highest BCUT2D eigenvalue weighted by Crippen LogP contribution is 1.82. The molecule has 0 fully saturated rings. The maximum atomic E-state index is 5.06. The zero-order valence-electron chi connectivity index (χ0n) is 6.26. The molecule has 0 bridgehead atoms. The van der Waals surface area contributed by atoms with Crippen LogP contribution in [0.2, 0.25) is 0 Å². The first-order valence-corrected chi connectivity index (χ1v) is 2.85. The smallest absolute Gasteiger partial charge is 0.199 e. The third-order valence-electron chi connectivity index (χ3n) is 0.919. The molecule has 0 aromatic carbocycles. The number of hydrogen-bond acceptors (Lipinski definition) is 1. The standard InChI is InChI=1S/C8H10N2/c1-5-7(3)10-8(6-2)9-4/h2,5H,1H2,3-4H3. The third-order valence-corrected chi connectivity index (χ3v) is 0.919. The maximum absolute atomic E-state index is 5.06. The first-order valence-electron chi connectivity index (χ1n) is 2.85. The quantitative estimate of drug-likeness (QED) is 0.293. The van der Waals surface area contributed by atoms with Gasteiger partial charge in [0.2, 0.25) is 0 Å². The molecule has 0 saturated heterocycles. The van der Waals surface area contributed by atoms with Crippen LogP contribution >= 0.6 is 0 Å². The van der Waals surface area contributed by atoms with E-state index in [9.17, 15) is 0 Å². The van der Waals surface area contributed by atoms with Crippen LogP contribution in [-0.4, -0.2) is 18.6 Å². The van der Waals surface area contributed by atoms with E-state index in [0.717, 1.165) is 5.71 Å². The lowest BCUT2D eigenvalue weighted by atomic mass is 10.4. The summed E-state index contributed by atoms with van der Waals surface area (Å²) in [6.45, 7) is 5.34. The summed E-state index contributed by atoms with van der Waals surface area (Å²) in [6, 6.07) is 0. The Morgan fingerprint density at radius 1 is 1.70 bits per heavy atom. The number of nitrogens with zero attached hydrogens (tertiary/aromatic N) is 2. The van der Waals surface area contributed by atoms with E-state index < -0.39 is 0 Å². The molecule has 0 aromatic heterocycles. The maximum Gasteiger partial charge on any atom is 0.199 e. The second-order valence-electron chi connectivity index (χ2n) is 1.65. The zero-order chi connectivity index (χ0) is 7.98. The number of aliphatic imine (C=N–C) groups is 2. The van der Waals surface area contributed by atoms with E-state index in [-0.39, 0.29) is 0 Å². The molecule has 0 N–H and O–H groups in total. The summed E-state index contributed by atoms with van der Waals surface area (Å²) in [7, 11) is 1.61. The van der Waals surface area contributed by atoms with Gasteiger partial charge in [-0.1, -0.05) is 6.58 Å². The van der Waals surface area contributed by atoms with E-state index in [4.69, 9.17) is 6.42 Å². The number of allylic oxidation sites excluding steroid dienone is 1. The molecular weight excluding hydrogens is 124 g/mol. The average molecular weight is 134 g/mol. The largest absolute Gasteiger partial charge is 0.262 e. The van der Waals surface area contributed by atoms with E-state index in [1.54, 1.807) is 13.1 Å². The van der Waals surface area contributed by atoms with E-state index >= 15 is 0 Å². The van der Waals surface area contributed by atoms with Crippen molar-refractivity contribution < 1.29 is 0 Å². The van der Waals surface area contributed by atoms with E-state index in [1.165, 1.54) is 0 Å². The molecule has 0 amide bonds. The predicted molar refractivity (Wildman–Crippen MR) is 45.5 cm³/mol. The van der Waals surface area contributed by atoms with Crippen LogP contribution in [0.3, 0.4) is 0 Å². The number of hydrogen-bond donors (Lipinski definition) is 0. The fourth-order valence-corrected chi connectivity index (χ4v) is 0.360. The highest BCUT2D eigenvalue weighted by molar-refractivity contribution is 6.08. The van der Waals surface area contributed by atoms with Gasteiger partial charge in [0.1, 0.15) is 0 Å². The minimum atomic E-state index is 0.400. The summed E-state index contributed by atoms with van der Waals surface area (Å²) in [5, 5.41) is 0. The molecule has 0 aliphatic rings. The van der Waals surface area contributed by atoms with Crippen molar-refractivity contribution in [3.05, 3.63) is 12.7 Å². The lowest BCUT2D eigenvalue weighted by molar-refractivity contribution is 1.42. The second kappa shape index (κ2) is 4.51. The molecule has 2 heteroatoms. The molecule has 0 aliphatic carbocycles. The molecule has 0 aliphatic heterocycles. The summed E-state index contributed by atoms with van der Waals surface area (Å²) in [5.41, 5.74) is 0.776. The Bertz CT molecular complexity index is 216. The lowest BCUT2D eigenvalue weighted by Gasteiger charge is -1.88. The summed E-state index contributed by atoms with van der Waals surface area (Å²) in [6.07, 6.45) is 6.69. The van der Waals surface area contributed by atoms with Gasteiger partial charge in [0, 0.05) is 12.8 Å². The van der Waals surface area contributed by atoms with Crippen molar-refractivity contribution in [1.82, 2.24) is 0 Å². The molecule has 0 heterocycles. The Labute approximate surface area is 61.4 Å². The highest BCUT2D eigenvalue weighted by atomic mass is 14.9. The van der Waals surface area contributed by atoms with Crippen molar-refractivity contribution in [2.75, 3.05) is 7.05 Å². The summed E-state index contributed by atoms with van der Waals surface area (Å²) in [4.78, 5) is 7.68. The van der Waals surface area contributed by atoms with Crippen molar-refractivity contribution >= 4 is 11.5 Å². The minimum Gasteiger partial charge on any atom is -0.262 e. The minimum absolute atomic E-state index is 0.400. The Morgan fingerprint density at radius 3 is 2.60 bits per heavy atom. The van der Waals surface area contributed by atoms with E-state index in [1.807, 2.05) is 6.92 Å². The molecule has 0 radical (unpaired) electrons. The predicted octanol–water partition coefficient (Wildman–Crippen LogP) is 1.29. The number of rotatable bonds is 1. The van der Waals surface area contributed by atoms with Gasteiger partial charge in [0.05, 0.1) is 0 Å². The summed E-state index contributed by atoms with van der Waals surface area (Å²) in [5.74, 6) is 2.73. The normalized spacial score (nSPS) is 12.5. The van der Waals surface area contributed by atoms with Crippen LogP contribution in [0.1, 0.15) is 6.92 Å². The molecule has 0 aromatic rings. The van der Waals surface area contributed by atoms with E-state index in [0.29, 0.717) is 5.84 Å². The van der Waals surface area contributed by atoms with Crippen LogP contribution in [0, 0.1) is 12.3 Å². The Morgan fingerprint density at radius 2 is 2.30 bits per heavy atom. The van der Waals surface area contributed by atoms with Crippen molar-refractivity contribution in [2.24, 2.45) is 9.98 Å². The summed E-state index contributed by atoms with van der Waals surface area (Å²) < 4.78 is 0. The number of amidine groups is 1. The van der Waals surface area contributed by atoms with Crippen molar-refractivity contribution in [3.63, 3.8) is 0 Å². The first kappa shape index (κ1) is 8.64. The first-order chi connectivity index (χ1) is 4.74. The number of terminal acetylenes is 1. The molecule has 0 spiro atoms. The van der Waals surface area contributed by atoms with Gasteiger partial charge in [0.25, 0.3) is 0 Å². The Hall–Kier alpha value is -1.36. The van der Waals surface area contributed by atoms with Crippen molar-refractivity contribution in [1.29, 1.82) is 0 Å². The topological polar surface area (TPSA) is 24.7 Å². The fraction of sp³-hybridized carbons (Fsp3) is 0.250. The molecular formula is C8H10N2. The molecule has 0 atom stereocenters. The van der Waals surface area contributed by atoms with Crippen LogP contribution in [0.4, 0.5) is 0 Å². The second-order valence-corrected chi connectivity index (χ2v) is 1.65. The van der Waals surface area contributed by atoms with Crippen LogP contribution in [0.5, 0.6) is 0 Å². The van der Waals surface area contributed by atoms with Crippen molar-refractivity contribution in [3.8, 4) is 12.3 Å². The van der Waals surface area contributed by atoms with Crippen LogP contribution < -0.4 is 0 Å². The Kier molecular flexibility index (Phi) is 3.90. The van der Waals surface area contributed by atoms with Gasteiger partial charge in [-0.2, -0.15) is 0 Å². The molecule has 0 rings (SSSR count). The van der Waals surface area contributed by atoms with Gasteiger partial charge in [0.15, 0.2) is 5.84 Å². The SMILES string of the molecule is C#CC(N=C(C)C=C)=NC. The van der Waals surface area contributed by atoms with Gasteiger partial charge >= 0.3 is 0 Å². The molecule has 2 nitrogen and oxygen atoms in total. The average Bonchev–Trinajstić information content (AvgIpc) is 1.99. The third kappa shape index (κ3) is 2.83. The molecule has 10 heavy (non-hydrogen) atoms. The zero-order valence-corrected chi connectivity index (χ0v) is 6.26. The van der Waals surface area contributed by atoms with Crippen molar-refractivity contribution in [2.45, 2.75) is 6.92 Å². The lowest BCUT2D eigenvalue weighted by Crippen LogP contribution is -1.93. The summed E-state index contributed by atoms with van der Waals surface area (Å²) >= 11 is 0. The van der Waals surface area contributed by atoms with Crippen LogP contribution in [-0.2, 0) is 0 Å².